The molecule has 2 saturated heterocycles. The molecule has 2 aliphatic rings. The van der Waals surface area contributed by atoms with E-state index in [9.17, 15) is 4.79 Å². The number of amides is 1. The largest absolute Gasteiger partial charge is 0.339 e. The average molecular weight is 433 g/mol. The molecular formula is C25H25ClN4O. The van der Waals surface area contributed by atoms with Gasteiger partial charge in [0, 0.05) is 48.3 Å². The van der Waals surface area contributed by atoms with Gasteiger partial charge < -0.3 is 10.2 Å². The normalized spacial score (nSPS) is 18.4. The second-order valence-corrected chi connectivity index (χ2v) is 8.76. The summed E-state index contributed by atoms with van der Waals surface area (Å²) in [7, 11) is 0. The molecule has 2 fully saturated rings. The Morgan fingerprint density at radius 3 is 2.45 bits per heavy atom. The second-order valence-electron chi connectivity index (χ2n) is 8.32. The molecule has 0 unspecified atom stereocenters. The second kappa shape index (κ2) is 8.33. The summed E-state index contributed by atoms with van der Waals surface area (Å²) in [6.45, 7) is 3.16. The topological polar surface area (TPSA) is 48.5 Å². The van der Waals surface area contributed by atoms with E-state index in [0.29, 0.717) is 6.67 Å². The number of halogens is 1. The quantitative estimate of drug-likeness (QED) is 0.666. The third kappa shape index (κ3) is 3.91. The van der Waals surface area contributed by atoms with Crippen molar-refractivity contribution in [2.45, 2.75) is 24.9 Å². The molecule has 5 rings (SSSR count). The van der Waals surface area contributed by atoms with Gasteiger partial charge in [-0.3, -0.25) is 14.7 Å². The van der Waals surface area contributed by atoms with Crippen molar-refractivity contribution < 1.29 is 4.79 Å². The summed E-state index contributed by atoms with van der Waals surface area (Å²) in [5, 5.41) is 3.80. The maximum atomic E-state index is 12.8. The Morgan fingerprint density at radius 2 is 1.71 bits per heavy atom. The summed E-state index contributed by atoms with van der Waals surface area (Å²) in [6, 6.07) is 20.3. The van der Waals surface area contributed by atoms with Crippen LogP contribution in [-0.4, -0.2) is 41.1 Å². The highest BCUT2D eigenvalue weighted by atomic mass is 35.5. The van der Waals surface area contributed by atoms with Crippen molar-refractivity contribution in [1.29, 1.82) is 0 Å². The van der Waals surface area contributed by atoms with Gasteiger partial charge in [-0.25, -0.2) is 0 Å². The van der Waals surface area contributed by atoms with Crippen molar-refractivity contribution in [2.24, 2.45) is 0 Å². The van der Waals surface area contributed by atoms with E-state index in [1.54, 1.807) is 0 Å². The summed E-state index contributed by atoms with van der Waals surface area (Å²) in [4.78, 5) is 22.0. The Labute approximate surface area is 187 Å². The zero-order valence-electron chi connectivity index (χ0n) is 17.3. The zero-order valence-corrected chi connectivity index (χ0v) is 18.1. The first-order valence-corrected chi connectivity index (χ1v) is 11.1. The van der Waals surface area contributed by atoms with E-state index in [2.05, 4.69) is 38.3 Å². The number of para-hydroxylation sites is 1. The number of carbonyl (C=O) groups is 1. The standard InChI is InChI=1S/C25H25ClN4O/c26-22-8-6-20(7-9-22)21-14-19(15-27-16-21)17-29-12-10-25(11-13-29)24(31)28-18-30(25)23-4-2-1-3-5-23/h1-9,14-16H,10-13,17-18H2,(H,28,31). The number of carbonyl (C=O) groups excluding carboxylic acids is 1. The van der Waals surface area contributed by atoms with Gasteiger partial charge in [0.1, 0.15) is 5.54 Å². The van der Waals surface area contributed by atoms with E-state index in [4.69, 9.17) is 11.6 Å². The Hall–Kier alpha value is -2.89. The molecule has 0 atom stereocenters. The van der Waals surface area contributed by atoms with Crippen LogP contribution >= 0.6 is 11.6 Å². The van der Waals surface area contributed by atoms with Gasteiger partial charge in [-0.15, -0.1) is 0 Å². The van der Waals surface area contributed by atoms with E-state index in [1.165, 1.54) is 5.56 Å². The number of nitrogens with zero attached hydrogens (tertiary/aromatic N) is 3. The van der Waals surface area contributed by atoms with Gasteiger partial charge in [-0.2, -0.15) is 0 Å². The minimum absolute atomic E-state index is 0.155. The molecule has 158 valence electrons. The number of piperidine rings is 1. The molecule has 1 N–H and O–H groups in total. The molecule has 1 aromatic heterocycles. The fourth-order valence-corrected chi connectivity index (χ4v) is 4.87. The first-order valence-electron chi connectivity index (χ1n) is 10.7. The molecule has 2 aliphatic heterocycles. The van der Waals surface area contributed by atoms with E-state index < -0.39 is 5.54 Å². The molecule has 0 saturated carbocycles. The third-order valence-electron chi connectivity index (χ3n) is 6.47. The number of anilines is 1. The predicted octanol–water partition coefficient (Wildman–Crippen LogP) is 4.33. The number of pyridine rings is 1. The maximum absolute atomic E-state index is 12.8. The molecule has 1 amide bonds. The summed E-state index contributed by atoms with van der Waals surface area (Å²) in [6.07, 6.45) is 5.46. The van der Waals surface area contributed by atoms with Crippen molar-refractivity contribution >= 4 is 23.2 Å². The van der Waals surface area contributed by atoms with E-state index in [0.717, 1.165) is 54.3 Å². The van der Waals surface area contributed by atoms with Gasteiger partial charge in [0.05, 0.1) is 6.67 Å². The fourth-order valence-electron chi connectivity index (χ4n) is 4.75. The molecule has 1 spiro atoms. The molecule has 31 heavy (non-hydrogen) atoms. The SMILES string of the molecule is O=C1NCN(c2ccccc2)C12CCN(Cc1cncc(-c3ccc(Cl)cc3)c1)CC2. The Kier molecular flexibility index (Phi) is 5.38. The lowest BCUT2D eigenvalue weighted by Crippen LogP contribution is -2.56. The summed E-state index contributed by atoms with van der Waals surface area (Å²) in [5.74, 6) is 0.155. The van der Waals surface area contributed by atoms with Crippen LogP contribution in [0.5, 0.6) is 0 Å². The number of hydrogen-bond acceptors (Lipinski definition) is 4. The summed E-state index contributed by atoms with van der Waals surface area (Å²) >= 11 is 6.02. The molecule has 0 aliphatic carbocycles. The molecule has 2 aromatic carbocycles. The van der Waals surface area contributed by atoms with Crippen LogP contribution in [0.15, 0.2) is 73.1 Å². The molecule has 0 radical (unpaired) electrons. The Morgan fingerprint density at radius 1 is 0.968 bits per heavy atom. The van der Waals surface area contributed by atoms with Crippen LogP contribution in [0.3, 0.4) is 0 Å². The van der Waals surface area contributed by atoms with Crippen LogP contribution < -0.4 is 10.2 Å². The smallest absolute Gasteiger partial charge is 0.247 e. The van der Waals surface area contributed by atoms with Crippen LogP contribution in [-0.2, 0) is 11.3 Å². The monoisotopic (exact) mass is 432 g/mol. The number of hydrogen-bond donors (Lipinski definition) is 1. The zero-order chi connectivity index (χ0) is 21.3. The molecule has 6 heteroatoms. The molecule has 0 bridgehead atoms. The van der Waals surface area contributed by atoms with Crippen LogP contribution in [0.1, 0.15) is 18.4 Å². The molecule has 3 heterocycles. The van der Waals surface area contributed by atoms with Crippen molar-refractivity contribution in [1.82, 2.24) is 15.2 Å². The van der Waals surface area contributed by atoms with Gasteiger partial charge in [0.25, 0.3) is 0 Å². The van der Waals surface area contributed by atoms with Crippen molar-refractivity contribution in [3.63, 3.8) is 0 Å². The molecule has 3 aromatic rings. The Balaban J connectivity index is 1.28. The van der Waals surface area contributed by atoms with Gasteiger partial charge in [0.15, 0.2) is 0 Å². The first kappa shape index (κ1) is 20.0. The lowest BCUT2D eigenvalue weighted by molar-refractivity contribution is -0.125. The third-order valence-corrected chi connectivity index (χ3v) is 6.72. The highest BCUT2D eigenvalue weighted by Crippen LogP contribution is 2.36. The number of benzene rings is 2. The minimum Gasteiger partial charge on any atom is -0.339 e. The lowest BCUT2D eigenvalue weighted by atomic mass is 9.85. The van der Waals surface area contributed by atoms with E-state index in [-0.39, 0.29) is 5.91 Å². The van der Waals surface area contributed by atoms with Gasteiger partial charge >= 0.3 is 0 Å². The highest BCUT2D eigenvalue weighted by molar-refractivity contribution is 6.30. The van der Waals surface area contributed by atoms with Crippen LogP contribution in [0.2, 0.25) is 5.02 Å². The highest BCUT2D eigenvalue weighted by Gasteiger charge is 2.50. The van der Waals surface area contributed by atoms with Crippen molar-refractivity contribution in [3.8, 4) is 11.1 Å². The fraction of sp³-hybridized carbons (Fsp3) is 0.280. The molecule has 5 nitrogen and oxygen atoms in total. The van der Waals surface area contributed by atoms with Crippen LogP contribution in [0.25, 0.3) is 11.1 Å². The average Bonchev–Trinajstić information content (AvgIpc) is 3.12. The van der Waals surface area contributed by atoms with Crippen molar-refractivity contribution in [2.75, 3.05) is 24.7 Å². The van der Waals surface area contributed by atoms with Gasteiger partial charge in [0.2, 0.25) is 5.91 Å². The molecular weight excluding hydrogens is 408 g/mol. The first-order chi connectivity index (χ1) is 15.1. The summed E-state index contributed by atoms with van der Waals surface area (Å²) < 4.78 is 0. The predicted molar refractivity (Wildman–Crippen MR) is 124 cm³/mol. The summed E-state index contributed by atoms with van der Waals surface area (Å²) in [5.41, 5.74) is 4.04. The number of rotatable bonds is 4. The van der Waals surface area contributed by atoms with Crippen LogP contribution in [0.4, 0.5) is 5.69 Å². The number of aromatic nitrogens is 1. The minimum atomic E-state index is -0.443. The van der Waals surface area contributed by atoms with Crippen LogP contribution in [0, 0.1) is 0 Å². The lowest BCUT2D eigenvalue weighted by Gasteiger charge is -2.43. The van der Waals surface area contributed by atoms with E-state index in [1.807, 2.05) is 54.9 Å². The van der Waals surface area contributed by atoms with Gasteiger partial charge in [-0.05, 0) is 54.3 Å². The van der Waals surface area contributed by atoms with E-state index >= 15 is 0 Å². The Bertz CT molecular complexity index is 1060. The maximum Gasteiger partial charge on any atom is 0.247 e. The number of nitrogens with one attached hydrogen (secondary N) is 1. The van der Waals surface area contributed by atoms with Crippen molar-refractivity contribution in [3.05, 3.63) is 83.6 Å². The van der Waals surface area contributed by atoms with Gasteiger partial charge in [-0.1, -0.05) is 41.9 Å². The number of likely N-dealkylation sites (tertiary alicyclic amines) is 1.